The third-order valence-electron chi connectivity index (χ3n) is 1.74. The van der Waals surface area contributed by atoms with Crippen molar-refractivity contribution >= 4 is 17.2 Å². The van der Waals surface area contributed by atoms with Gasteiger partial charge in [0.2, 0.25) is 0 Å². The van der Waals surface area contributed by atoms with Crippen molar-refractivity contribution in [1.82, 2.24) is 10.2 Å². The van der Waals surface area contributed by atoms with Crippen LogP contribution in [0.2, 0.25) is 0 Å². The molecule has 13 heavy (non-hydrogen) atoms. The maximum absolute atomic E-state index is 10.1. The number of hydrogen-bond donors (Lipinski definition) is 1. The second-order valence-corrected chi connectivity index (χ2v) is 2.53. The molecule has 62 valence electrons. The number of H-pyrrole nitrogens is 1. The van der Waals surface area contributed by atoms with Crippen LogP contribution in [0.4, 0.5) is 0 Å². The molecule has 1 N–H and O–H groups in total. The molecule has 0 bridgehead atoms. The smallest absolute Gasteiger partial charge is 0.193 e. The molecule has 3 nitrogen and oxygen atoms in total. The van der Waals surface area contributed by atoms with Gasteiger partial charge in [-0.3, -0.25) is 9.89 Å². The fourth-order valence-electron chi connectivity index (χ4n) is 1.18. The van der Waals surface area contributed by atoms with Crippen LogP contribution in [0.3, 0.4) is 0 Å². The van der Waals surface area contributed by atoms with Crippen molar-refractivity contribution in [3.63, 3.8) is 0 Å². The largest absolute Gasteiger partial charge is 0.289 e. The molecule has 0 aliphatic heterocycles. The SMILES string of the molecule is O=CC#Cc1cccc2cn[nH]c12. The van der Waals surface area contributed by atoms with E-state index in [1.165, 1.54) is 0 Å². The van der Waals surface area contributed by atoms with Crippen molar-refractivity contribution in [3.05, 3.63) is 30.0 Å². The number of aldehydes is 1. The Morgan fingerprint density at radius 2 is 2.38 bits per heavy atom. The number of carbonyl (C=O) groups excluding carboxylic acids is 1. The molecule has 1 heterocycles. The van der Waals surface area contributed by atoms with Gasteiger partial charge in [0.15, 0.2) is 6.29 Å². The Balaban J connectivity index is 2.67. The van der Waals surface area contributed by atoms with E-state index < -0.39 is 0 Å². The first-order valence-electron chi connectivity index (χ1n) is 3.79. The number of hydrogen-bond acceptors (Lipinski definition) is 2. The molecular weight excluding hydrogens is 164 g/mol. The number of fused-ring (bicyclic) bond motifs is 1. The molecule has 0 fully saturated rings. The Kier molecular flexibility index (Phi) is 1.81. The highest BCUT2D eigenvalue weighted by atomic mass is 16.1. The van der Waals surface area contributed by atoms with Gasteiger partial charge in [-0.2, -0.15) is 5.10 Å². The Morgan fingerprint density at radius 3 is 3.23 bits per heavy atom. The third-order valence-corrected chi connectivity index (χ3v) is 1.74. The topological polar surface area (TPSA) is 45.8 Å². The summed E-state index contributed by atoms with van der Waals surface area (Å²) in [5.74, 6) is 5.10. The summed E-state index contributed by atoms with van der Waals surface area (Å²) in [5, 5.41) is 7.72. The molecule has 2 rings (SSSR count). The number of nitrogens with one attached hydrogen (secondary N) is 1. The van der Waals surface area contributed by atoms with Crippen LogP contribution in [0.25, 0.3) is 10.9 Å². The quantitative estimate of drug-likeness (QED) is 0.475. The molecule has 1 aromatic carbocycles. The first-order valence-corrected chi connectivity index (χ1v) is 3.79. The van der Waals surface area contributed by atoms with Crippen molar-refractivity contribution in [2.75, 3.05) is 0 Å². The maximum Gasteiger partial charge on any atom is 0.193 e. The fraction of sp³-hybridized carbons (Fsp3) is 0. The van der Waals surface area contributed by atoms with Crippen LogP contribution in [0, 0.1) is 11.8 Å². The van der Waals surface area contributed by atoms with E-state index in [0.29, 0.717) is 6.29 Å². The fourth-order valence-corrected chi connectivity index (χ4v) is 1.18. The van der Waals surface area contributed by atoms with Crippen molar-refractivity contribution in [1.29, 1.82) is 0 Å². The summed E-state index contributed by atoms with van der Waals surface area (Å²) in [4.78, 5) is 10.1. The molecule has 0 saturated heterocycles. The van der Waals surface area contributed by atoms with E-state index in [1.807, 2.05) is 18.2 Å². The Morgan fingerprint density at radius 1 is 1.46 bits per heavy atom. The van der Waals surface area contributed by atoms with E-state index in [9.17, 15) is 4.79 Å². The molecule has 0 radical (unpaired) electrons. The number of aromatic amines is 1. The number of nitrogens with zero attached hydrogens (tertiary/aromatic N) is 1. The number of benzene rings is 1. The first kappa shape index (κ1) is 7.56. The van der Waals surface area contributed by atoms with Crippen LogP contribution in [0.1, 0.15) is 5.56 Å². The third kappa shape index (κ3) is 1.30. The van der Waals surface area contributed by atoms with Gasteiger partial charge in [-0.1, -0.05) is 18.1 Å². The number of aromatic nitrogens is 2. The molecule has 0 aliphatic rings. The van der Waals surface area contributed by atoms with Gasteiger partial charge >= 0.3 is 0 Å². The van der Waals surface area contributed by atoms with Crippen LogP contribution >= 0.6 is 0 Å². The van der Waals surface area contributed by atoms with Gasteiger partial charge in [-0.05, 0) is 12.0 Å². The second kappa shape index (κ2) is 3.11. The zero-order chi connectivity index (χ0) is 9.10. The van der Waals surface area contributed by atoms with Gasteiger partial charge in [0.05, 0.1) is 17.3 Å². The summed E-state index contributed by atoms with van der Waals surface area (Å²) in [7, 11) is 0. The molecule has 0 atom stereocenters. The maximum atomic E-state index is 10.1. The van der Waals surface area contributed by atoms with Gasteiger partial charge < -0.3 is 0 Å². The van der Waals surface area contributed by atoms with Crippen molar-refractivity contribution < 1.29 is 4.79 Å². The zero-order valence-corrected chi connectivity index (χ0v) is 6.74. The van der Waals surface area contributed by atoms with Gasteiger partial charge in [0, 0.05) is 5.39 Å². The molecule has 0 amide bonds. The minimum absolute atomic E-state index is 0.579. The van der Waals surface area contributed by atoms with Crippen molar-refractivity contribution in [2.24, 2.45) is 0 Å². The van der Waals surface area contributed by atoms with Crippen molar-refractivity contribution in [3.8, 4) is 11.8 Å². The zero-order valence-electron chi connectivity index (χ0n) is 6.74. The molecule has 0 aliphatic carbocycles. The second-order valence-electron chi connectivity index (χ2n) is 2.53. The summed E-state index contributed by atoms with van der Waals surface area (Å²) >= 11 is 0. The predicted molar refractivity (Wildman–Crippen MR) is 49.0 cm³/mol. The van der Waals surface area contributed by atoms with Crippen LogP contribution in [0.15, 0.2) is 24.4 Å². The summed E-state index contributed by atoms with van der Waals surface area (Å²) in [6.07, 6.45) is 2.30. The summed E-state index contributed by atoms with van der Waals surface area (Å²) < 4.78 is 0. The normalized spacial score (nSPS) is 9.23. The Bertz CT molecular complexity index is 502. The first-order chi connectivity index (χ1) is 6.42. The average Bonchev–Trinajstić information content (AvgIpc) is 2.62. The highest BCUT2D eigenvalue weighted by molar-refractivity contribution is 5.85. The molecule has 0 unspecified atom stereocenters. The minimum atomic E-state index is 0.579. The predicted octanol–water partition coefficient (Wildman–Crippen LogP) is 1.11. The molecule has 2 aromatic rings. The number of carbonyl (C=O) groups is 1. The van der Waals surface area contributed by atoms with Crippen LogP contribution in [-0.2, 0) is 4.79 Å². The summed E-state index contributed by atoms with van der Waals surface area (Å²) in [6, 6.07) is 5.66. The summed E-state index contributed by atoms with van der Waals surface area (Å²) in [5.41, 5.74) is 1.67. The standard InChI is InChI=1S/C10H6N2O/c13-6-2-5-8-3-1-4-9-7-11-12-10(8)9/h1,3-4,6-7H,(H,11,12). The summed E-state index contributed by atoms with van der Waals surface area (Å²) in [6.45, 7) is 0. The van der Waals surface area contributed by atoms with Crippen LogP contribution in [-0.4, -0.2) is 16.5 Å². The lowest BCUT2D eigenvalue weighted by Gasteiger charge is -1.90. The van der Waals surface area contributed by atoms with Crippen LogP contribution < -0.4 is 0 Å². The number of para-hydroxylation sites is 1. The molecule has 0 saturated carbocycles. The Hall–Kier alpha value is -2.08. The minimum Gasteiger partial charge on any atom is -0.289 e. The van der Waals surface area contributed by atoms with E-state index >= 15 is 0 Å². The highest BCUT2D eigenvalue weighted by Gasteiger charge is 1.98. The van der Waals surface area contributed by atoms with E-state index in [-0.39, 0.29) is 0 Å². The average molecular weight is 170 g/mol. The highest BCUT2D eigenvalue weighted by Crippen LogP contribution is 2.13. The molecule has 3 heteroatoms. The van der Waals surface area contributed by atoms with Gasteiger partial charge in [-0.25, -0.2) is 0 Å². The lowest BCUT2D eigenvalue weighted by Crippen LogP contribution is -1.77. The van der Waals surface area contributed by atoms with Crippen molar-refractivity contribution in [2.45, 2.75) is 0 Å². The lowest BCUT2D eigenvalue weighted by molar-refractivity contribution is -0.103. The monoisotopic (exact) mass is 170 g/mol. The van der Waals surface area contributed by atoms with E-state index in [0.717, 1.165) is 16.5 Å². The lowest BCUT2D eigenvalue weighted by atomic mass is 10.1. The van der Waals surface area contributed by atoms with Gasteiger partial charge in [0.1, 0.15) is 0 Å². The van der Waals surface area contributed by atoms with Gasteiger partial charge in [-0.15, -0.1) is 0 Å². The van der Waals surface area contributed by atoms with E-state index in [4.69, 9.17) is 0 Å². The Labute approximate surface area is 74.8 Å². The number of rotatable bonds is 0. The molecule has 1 aromatic heterocycles. The van der Waals surface area contributed by atoms with Crippen LogP contribution in [0.5, 0.6) is 0 Å². The molecule has 0 spiro atoms. The van der Waals surface area contributed by atoms with E-state index in [2.05, 4.69) is 22.0 Å². The molecular formula is C10H6N2O. The van der Waals surface area contributed by atoms with E-state index in [1.54, 1.807) is 6.20 Å². The van der Waals surface area contributed by atoms with Gasteiger partial charge in [0.25, 0.3) is 0 Å².